The minimum absolute atomic E-state index is 0.290. The van der Waals surface area contributed by atoms with Crippen LogP contribution in [0.25, 0.3) is 10.9 Å². The molecule has 0 aliphatic rings. The van der Waals surface area contributed by atoms with Crippen molar-refractivity contribution < 1.29 is 0 Å². The predicted octanol–water partition coefficient (Wildman–Crippen LogP) is 5.11. The lowest BCUT2D eigenvalue weighted by atomic mass is 10.0. The van der Waals surface area contributed by atoms with Crippen LogP contribution in [0.4, 0.5) is 5.82 Å². The van der Waals surface area contributed by atoms with Crippen molar-refractivity contribution in [2.24, 2.45) is 0 Å². The minimum Gasteiger partial charge on any atom is -0.363 e. The number of nitrogens with one attached hydrogen (secondary N) is 1. The summed E-state index contributed by atoms with van der Waals surface area (Å²) in [5, 5.41) is 4.78. The molecule has 2 heteroatoms. The zero-order valence-electron chi connectivity index (χ0n) is 12.5. The molecule has 1 unspecified atom stereocenters. The molecular formula is C19H20N2. The molecule has 0 aliphatic heterocycles. The van der Waals surface area contributed by atoms with Crippen LogP contribution in [0, 0.1) is 6.92 Å². The number of para-hydroxylation sites is 1. The Hall–Kier alpha value is -2.35. The van der Waals surface area contributed by atoms with Crippen molar-refractivity contribution in [2.45, 2.75) is 26.3 Å². The number of pyridine rings is 1. The number of hydrogen-bond acceptors (Lipinski definition) is 2. The molecule has 0 fully saturated rings. The summed E-state index contributed by atoms with van der Waals surface area (Å²) >= 11 is 0. The first kappa shape index (κ1) is 13.6. The van der Waals surface area contributed by atoms with Crippen LogP contribution in [0.3, 0.4) is 0 Å². The second kappa shape index (κ2) is 5.96. The van der Waals surface area contributed by atoms with Gasteiger partial charge in [-0.15, -0.1) is 0 Å². The topological polar surface area (TPSA) is 24.9 Å². The number of rotatable bonds is 4. The second-order valence-corrected chi connectivity index (χ2v) is 5.36. The number of benzene rings is 2. The minimum atomic E-state index is 0.290. The fourth-order valence-corrected chi connectivity index (χ4v) is 2.64. The molecule has 0 radical (unpaired) electrons. The summed E-state index contributed by atoms with van der Waals surface area (Å²) in [7, 11) is 0. The van der Waals surface area contributed by atoms with Crippen molar-refractivity contribution in [1.82, 2.24) is 4.98 Å². The number of anilines is 1. The maximum atomic E-state index is 4.78. The number of nitrogens with zero attached hydrogens (tertiary/aromatic N) is 1. The van der Waals surface area contributed by atoms with Crippen molar-refractivity contribution >= 4 is 16.7 Å². The zero-order valence-corrected chi connectivity index (χ0v) is 12.5. The van der Waals surface area contributed by atoms with Crippen molar-refractivity contribution in [3.05, 3.63) is 71.8 Å². The first-order valence-corrected chi connectivity index (χ1v) is 7.46. The summed E-state index contributed by atoms with van der Waals surface area (Å²) in [5.74, 6) is 0.976. The lowest BCUT2D eigenvalue weighted by Gasteiger charge is -2.19. The molecule has 1 atom stereocenters. The molecule has 0 bridgehead atoms. The third-order valence-corrected chi connectivity index (χ3v) is 3.84. The van der Waals surface area contributed by atoms with Crippen LogP contribution in [0.15, 0.2) is 60.7 Å². The molecular weight excluding hydrogens is 256 g/mol. The number of aromatic nitrogens is 1. The molecule has 0 spiro atoms. The lowest BCUT2D eigenvalue weighted by molar-refractivity contribution is 0.744. The van der Waals surface area contributed by atoms with Crippen LogP contribution in [-0.2, 0) is 0 Å². The van der Waals surface area contributed by atoms with Crippen molar-refractivity contribution in [2.75, 3.05) is 5.32 Å². The average molecular weight is 276 g/mol. The Morgan fingerprint density at radius 2 is 1.71 bits per heavy atom. The largest absolute Gasteiger partial charge is 0.363 e. The van der Waals surface area contributed by atoms with Gasteiger partial charge in [-0.3, -0.25) is 0 Å². The van der Waals surface area contributed by atoms with E-state index < -0.39 is 0 Å². The van der Waals surface area contributed by atoms with Gasteiger partial charge in [0.15, 0.2) is 0 Å². The van der Waals surface area contributed by atoms with Crippen molar-refractivity contribution in [3.63, 3.8) is 0 Å². The van der Waals surface area contributed by atoms with E-state index in [9.17, 15) is 0 Å². The second-order valence-electron chi connectivity index (χ2n) is 5.36. The Kier molecular flexibility index (Phi) is 3.87. The van der Waals surface area contributed by atoms with E-state index in [1.165, 1.54) is 16.5 Å². The summed E-state index contributed by atoms with van der Waals surface area (Å²) in [5.41, 5.74) is 3.52. The lowest BCUT2D eigenvalue weighted by Crippen LogP contribution is -2.11. The predicted molar refractivity (Wildman–Crippen MR) is 89.6 cm³/mol. The molecule has 1 aromatic heterocycles. The molecule has 3 rings (SSSR count). The highest BCUT2D eigenvalue weighted by Gasteiger charge is 2.11. The van der Waals surface area contributed by atoms with Crippen LogP contribution in [0.5, 0.6) is 0 Å². The molecule has 0 amide bonds. The van der Waals surface area contributed by atoms with Gasteiger partial charge in [0.1, 0.15) is 5.82 Å². The van der Waals surface area contributed by atoms with Crippen LogP contribution in [0.2, 0.25) is 0 Å². The van der Waals surface area contributed by atoms with E-state index in [0.717, 1.165) is 17.8 Å². The smallest absolute Gasteiger partial charge is 0.130 e. The van der Waals surface area contributed by atoms with Crippen LogP contribution in [0.1, 0.15) is 30.5 Å². The van der Waals surface area contributed by atoms with Crippen LogP contribution in [-0.4, -0.2) is 4.98 Å². The molecule has 0 aliphatic carbocycles. The maximum absolute atomic E-state index is 4.78. The first-order valence-electron chi connectivity index (χ1n) is 7.46. The average Bonchev–Trinajstić information content (AvgIpc) is 2.53. The van der Waals surface area contributed by atoms with Gasteiger partial charge in [0.05, 0.1) is 11.6 Å². The highest BCUT2D eigenvalue weighted by atomic mass is 15.0. The van der Waals surface area contributed by atoms with E-state index >= 15 is 0 Å². The van der Waals surface area contributed by atoms with Gasteiger partial charge in [0.25, 0.3) is 0 Å². The standard InChI is InChI=1S/C19H20N2/c1-3-17(15-9-5-4-6-10-15)20-19-14(2)13-16-11-7-8-12-18(16)21-19/h4-13,17H,3H2,1-2H3,(H,20,21). The molecule has 0 saturated heterocycles. The Morgan fingerprint density at radius 3 is 2.48 bits per heavy atom. The summed E-state index contributed by atoms with van der Waals surface area (Å²) in [6.07, 6.45) is 1.03. The maximum Gasteiger partial charge on any atom is 0.130 e. The number of fused-ring (bicyclic) bond motifs is 1. The summed E-state index contributed by atoms with van der Waals surface area (Å²) in [4.78, 5) is 4.78. The molecule has 2 nitrogen and oxygen atoms in total. The van der Waals surface area contributed by atoms with Gasteiger partial charge in [-0.25, -0.2) is 4.98 Å². The molecule has 3 aromatic rings. The highest BCUT2D eigenvalue weighted by Crippen LogP contribution is 2.25. The number of hydrogen-bond donors (Lipinski definition) is 1. The van der Waals surface area contributed by atoms with Crippen LogP contribution < -0.4 is 5.32 Å². The molecule has 21 heavy (non-hydrogen) atoms. The Labute approximate surface area is 125 Å². The van der Waals surface area contributed by atoms with E-state index in [4.69, 9.17) is 4.98 Å². The quantitative estimate of drug-likeness (QED) is 0.716. The Bertz CT molecular complexity index is 735. The summed E-state index contributed by atoms with van der Waals surface area (Å²) in [6.45, 7) is 4.31. The monoisotopic (exact) mass is 276 g/mol. The fraction of sp³-hybridized carbons (Fsp3) is 0.211. The third-order valence-electron chi connectivity index (χ3n) is 3.84. The van der Waals surface area contributed by atoms with Gasteiger partial charge >= 0.3 is 0 Å². The van der Waals surface area contributed by atoms with Crippen molar-refractivity contribution in [1.29, 1.82) is 0 Å². The van der Waals surface area contributed by atoms with Gasteiger partial charge in [0, 0.05) is 5.39 Å². The molecule has 2 aromatic carbocycles. The van der Waals surface area contributed by atoms with E-state index in [1.54, 1.807) is 0 Å². The highest BCUT2D eigenvalue weighted by molar-refractivity contribution is 5.81. The summed E-state index contributed by atoms with van der Waals surface area (Å²) in [6, 6.07) is 21.3. The van der Waals surface area contributed by atoms with Crippen LogP contribution >= 0.6 is 0 Å². The Balaban J connectivity index is 1.95. The zero-order chi connectivity index (χ0) is 14.7. The van der Waals surface area contributed by atoms with Gasteiger partial charge in [-0.2, -0.15) is 0 Å². The van der Waals surface area contributed by atoms with E-state index in [1.807, 2.05) is 6.07 Å². The number of aryl methyl sites for hydroxylation is 1. The SMILES string of the molecule is CCC(Nc1nc2ccccc2cc1C)c1ccccc1. The van der Waals surface area contributed by atoms with E-state index in [2.05, 4.69) is 73.8 Å². The normalized spacial score (nSPS) is 12.3. The van der Waals surface area contributed by atoms with Gasteiger partial charge in [0.2, 0.25) is 0 Å². The molecule has 0 saturated carbocycles. The van der Waals surface area contributed by atoms with Gasteiger partial charge in [-0.05, 0) is 36.6 Å². The fourth-order valence-electron chi connectivity index (χ4n) is 2.64. The van der Waals surface area contributed by atoms with E-state index in [0.29, 0.717) is 6.04 Å². The molecule has 1 N–H and O–H groups in total. The van der Waals surface area contributed by atoms with Crippen molar-refractivity contribution in [3.8, 4) is 0 Å². The first-order chi connectivity index (χ1) is 10.3. The van der Waals surface area contributed by atoms with Gasteiger partial charge in [-0.1, -0.05) is 55.5 Å². The summed E-state index contributed by atoms with van der Waals surface area (Å²) < 4.78 is 0. The molecule has 106 valence electrons. The van der Waals surface area contributed by atoms with Gasteiger partial charge < -0.3 is 5.32 Å². The molecule has 1 heterocycles. The Morgan fingerprint density at radius 1 is 1.00 bits per heavy atom. The van der Waals surface area contributed by atoms with E-state index in [-0.39, 0.29) is 0 Å². The third kappa shape index (κ3) is 2.89.